The van der Waals surface area contributed by atoms with Crippen molar-refractivity contribution in [3.05, 3.63) is 24.3 Å². The van der Waals surface area contributed by atoms with Crippen LogP contribution in [0.1, 0.15) is 12.6 Å². The van der Waals surface area contributed by atoms with Crippen LogP contribution < -0.4 is 0 Å². The second-order valence-corrected chi connectivity index (χ2v) is 3.68. The van der Waals surface area contributed by atoms with E-state index in [4.69, 9.17) is 23.2 Å². The Morgan fingerprint density at radius 1 is 1.40 bits per heavy atom. The molecule has 0 fully saturated rings. The van der Waals surface area contributed by atoms with Gasteiger partial charge in [-0.3, -0.25) is 9.97 Å². The van der Waals surface area contributed by atoms with Gasteiger partial charge in [0.1, 0.15) is 0 Å². The van der Waals surface area contributed by atoms with Crippen molar-refractivity contribution < 1.29 is 0 Å². The van der Waals surface area contributed by atoms with Gasteiger partial charge in [-0.25, -0.2) is 0 Å². The van der Waals surface area contributed by atoms with Crippen LogP contribution in [0.3, 0.4) is 0 Å². The third-order valence-corrected chi connectivity index (χ3v) is 1.40. The maximum atomic E-state index is 5.72. The Hall–Kier alpha value is -0.340. The lowest BCUT2D eigenvalue weighted by Gasteiger charge is -2.09. The maximum Gasteiger partial charge on any atom is 0.158 e. The lowest BCUT2D eigenvalue weighted by molar-refractivity contribution is 0.892. The number of rotatable bonds is 1. The van der Waals surface area contributed by atoms with Crippen molar-refractivity contribution in [3.8, 4) is 0 Å². The molecule has 0 amide bonds. The highest BCUT2D eigenvalue weighted by atomic mass is 35.5. The van der Waals surface area contributed by atoms with E-state index in [1.165, 1.54) is 0 Å². The van der Waals surface area contributed by atoms with Crippen LogP contribution in [-0.2, 0) is 4.33 Å². The van der Waals surface area contributed by atoms with Gasteiger partial charge in [-0.15, -0.1) is 0 Å². The zero-order valence-electron chi connectivity index (χ0n) is 5.38. The molecule has 0 radical (unpaired) electrons. The van der Waals surface area contributed by atoms with E-state index >= 15 is 0 Å². The quantitative estimate of drug-likeness (QED) is 0.614. The molecule has 10 heavy (non-hydrogen) atoms. The van der Waals surface area contributed by atoms with E-state index in [0.29, 0.717) is 5.69 Å². The first-order valence-corrected chi connectivity index (χ1v) is 3.50. The summed E-state index contributed by atoms with van der Waals surface area (Å²) in [5, 5.41) is 0. The van der Waals surface area contributed by atoms with E-state index in [2.05, 4.69) is 9.97 Å². The van der Waals surface area contributed by atoms with Crippen LogP contribution in [0, 0.1) is 0 Å². The topological polar surface area (TPSA) is 25.8 Å². The Bertz CT molecular complexity index is 205. The average Bonchev–Trinajstić information content (AvgIpc) is 1.88. The molecule has 0 atom stereocenters. The number of aromatic nitrogens is 2. The van der Waals surface area contributed by atoms with Crippen LogP contribution in [0.5, 0.6) is 0 Å². The summed E-state index contributed by atoms with van der Waals surface area (Å²) < 4.78 is -0.936. The lowest BCUT2D eigenvalue weighted by Crippen LogP contribution is -2.06. The van der Waals surface area contributed by atoms with Crippen LogP contribution >= 0.6 is 23.2 Å². The minimum atomic E-state index is -0.936. The third-order valence-electron chi connectivity index (χ3n) is 1.01. The molecule has 1 heterocycles. The molecule has 0 saturated heterocycles. The van der Waals surface area contributed by atoms with Gasteiger partial charge in [0, 0.05) is 12.4 Å². The van der Waals surface area contributed by atoms with Crippen molar-refractivity contribution in [2.24, 2.45) is 0 Å². The molecule has 0 unspecified atom stereocenters. The van der Waals surface area contributed by atoms with Crippen molar-refractivity contribution in [1.82, 2.24) is 9.97 Å². The van der Waals surface area contributed by atoms with Gasteiger partial charge >= 0.3 is 0 Å². The van der Waals surface area contributed by atoms with Gasteiger partial charge in [0.2, 0.25) is 0 Å². The molecule has 2 nitrogen and oxygen atoms in total. The van der Waals surface area contributed by atoms with Crippen molar-refractivity contribution in [2.75, 3.05) is 0 Å². The van der Waals surface area contributed by atoms with Crippen molar-refractivity contribution >= 4 is 23.2 Å². The summed E-state index contributed by atoms with van der Waals surface area (Å²) in [6.07, 6.45) is 4.67. The van der Waals surface area contributed by atoms with Crippen molar-refractivity contribution in [1.29, 1.82) is 0 Å². The summed E-state index contributed by atoms with van der Waals surface area (Å²) in [6.45, 7) is 1.65. The summed E-state index contributed by atoms with van der Waals surface area (Å²) in [7, 11) is 0. The summed E-state index contributed by atoms with van der Waals surface area (Å²) in [5.74, 6) is 0. The fourth-order valence-corrected chi connectivity index (χ4v) is 0.721. The van der Waals surface area contributed by atoms with E-state index in [0.717, 1.165) is 0 Å². The first-order valence-electron chi connectivity index (χ1n) is 2.75. The van der Waals surface area contributed by atoms with E-state index < -0.39 is 4.33 Å². The summed E-state index contributed by atoms with van der Waals surface area (Å²) in [6, 6.07) is 0. The van der Waals surface area contributed by atoms with Crippen LogP contribution in [0.15, 0.2) is 18.6 Å². The first kappa shape index (κ1) is 7.76. The van der Waals surface area contributed by atoms with Gasteiger partial charge in [0.05, 0.1) is 11.9 Å². The molecular formula is C6H6Cl2N2. The van der Waals surface area contributed by atoms with Crippen LogP contribution in [0.25, 0.3) is 0 Å². The molecule has 0 aliphatic rings. The van der Waals surface area contributed by atoms with Crippen LogP contribution in [0.4, 0.5) is 0 Å². The summed E-state index contributed by atoms with van der Waals surface area (Å²) in [5.41, 5.74) is 0.568. The second-order valence-electron chi connectivity index (χ2n) is 1.98. The predicted octanol–water partition coefficient (Wildman–Crippen LogP) is 2.13. The van der Waals surface area contributed by atoms with Crippen molar-refractivity contribution in [2.45, 2.75) is 11.3 Å². The molecular weight excluding hydrogens is 171 g/mol. The predicted molar refractivity (Wildman–Crippen MR) is 41.1 cm³/mol. The first-order chi connectivity index (χ1) is 4.61. The molecule has 0 N–H and O–H groups in total. The Balaban J connectivity index is 2.97. The summed E-state index contributed by atoms with van der Waals surface area (Å²) in [4.78, 5) is 7.74. The van der Waals surface area contributed by atoms with Gasteiger partial charge < -0.3 is 0 Å². The molecule has 0 saturated carbocycles. The Morgan fingerprint density at radius 2 is 2.10 bits per heavy atom. The van der Waals surface area contributed by atoms with Crippen molar-refractivity contribution in [3.63, 3.8) is 0 Å². The monoisotopic (exact) mass is 176 g/mol. The molecule has 1 aromatic heterocycles. The van der Waals surface area contributed by atoms with Gasteiger partial charge in [0.25, 0.3) is 0 Å². The highest BCUT2D eigenvalue weighted by Crippen LogP contribution is 2.30. The van der Waals surface area contributed by atoms with Crippen LogP contribution in [-0.4, -0.2) is 9.97 Å². The van der Waals surface area contributed by atoms with E-state index in [1.807, 2.05) is 0 Å². The molecule has 0 spiro atoms. The van der Waals surface area contributed by atoms with E-state index in [-0.39, 0.29) is 0 Å². The molecule has 0 aromatic carbocycles. The van der Waals surface area contributed by atoms with Gasteiger partial charge in [-0.2, -0.15) is 0 Å². The fourth-order valence-electron chi connectivity index (χ4n) is 0.526. The smallest absolute Gasteiger partial charge is 0.158 e. The second kappa shape index (κ2) is 2.72. The fraction of sp³-hybridized carbons (Fsp3) is 0.333. The highest BCUT2D eigenvalue weighted by molar-refractivity contribution is 6.47. The molecule has 0 bridgehead atoms. The normalized spacial score (nSPS) is 11.5. The number of nitrogens with zero attached hydrogens (tertiary/aromatic N) is 2. The maximum absolute atomic E-state index is 5.72. The molecule has 0 aliphatic heterocycles. The Morgan fingerprint density at radius 3 is 2.40 bits per heavy atom. The SMILES string of the molecule is CC(Cl)(Cl)c1cnccn1. The third kappa shape index (κ3) is 1.82. The molecule has 4 heteroatoms. The number of hydrogen-bond acceptors (Lipinski definition) is 2. The Labute approximate surface area is 69.2 Å². The standard InChI is InChI=1S/C6H6Cl2N2/c1-6(7,8)5-4-9-2-3-10-5/h2-4H,1H3. The molecule has 0 aliphatic carbocycles. The molecule has 54 valence electrons. The number of halogens is 2. The summed E-state index contributed by atoms with van der Waals surface area (Å²) >= 11 is 11.4. The zero-order chi connectivity index (χ0) is 7.61. The Kier molecular flexibility index (Phi) is 2.11. The minimum absolute atomic E-state index is 0.568. The highest BCUT2D eigenvalue weighted by Gasteiger charge is 2.20. The number of alkyl halides is 2. The van der Waals surface area contributed by atoms with Gasteiger partial charge in [0.15, 0.2) is 4.33 Å². The van der Waals surface area contributed by atoms with Gasteiger partial charge in [-0.05, 0) is 6.92 Å². The molecule has 1 rings (SSSR count). The average molecular weight is 177 g/mol. The zero-order valence-corrected chi connectivity index (χ0v) is 6.89. The minimum Gasteiger partial charge on any atom is -0.261 e. The molecule has 1 aromatic rings. The van der Waals surface area contributed by atoms with E-state index in [9.17, 15) is 0 Å². The number of hydrogen-bond donors (Lipinski definition) is 0. The van der Waals surface area contributed by atoms with Gasteiger partial charge in [-0.1, -0.05) is 23.2 Å². The lowest BCUT2D eigenvalue weighted by atomic mass is 10.3. The van der Waals surface area contributed by atoms with E-state index in [1.54, 1.807) is 25.5 Å². The largest absolute Gasteiger partial charge is 0.261 e. The van der Waals surface area contributed by atoms with Crippen LogP contribution in [0.2, 0.25) is 0 Å².